The van der Waals surface area contributed by atoms with Crippen LogP contribution in [-0.4, -0.2) is 41.6 Å². The van der Waals surface area contributed by atoms with Crippen LogP contribution in [0.4, 0.5) is 0 Å². The first-order valence-corrected chi connectivity index (χ1v) is 15.5. The van der Waals surface area contributed by atoms with Crippen molar-refractivity contribution in [3.63, 3.8) is 0 Å². The Hall–Kier alpha value is -3.25. The van der Waals surface area contributed by atoms with E-state index >= 15 is 0 Å². The fourth-order valence-electron chi connectivity index (χ4n) is 6.23. The van der Waals surface area contributed by atoms with Gasteiger partial charge in [-0.15, -0.1) is 0 Å². The zero-order chi connectivity index (χ0) is 28.2. The van der Waals surface area contributed by atoms with Gasteiger partial charge in [-0.3, -0.25) is 4.79 Å². The molecular formula is C34H39NO4S. The molecule has 0 aliphatic carbocycles. The number of rotatable bonds is 9. The first kappa shape index (κ1) is 28.3. The molecule has 0 N–H and O–H groups in total. The van der Waals surface area contributed by atoms with Crippen molar-refractivity contribution >= 4 is 23.6 Å². The summed E-state index contributed by atoms with van der Waals surface area (Å²) in [4.78, 5) is 27.5. The van der Waals surface area contributed by atoms with Crippen LogP contribution in [0.25, 0.3) is 0 Å². The molecule has 1 amide bonds. The summed E-state index contributed by atoms with van der Waals surface area (Å²) in [7, 11) is 0. The van der Waals surface area contributed by atoms with Crippen molar-refractivity contribution in [1.29, 1.82) is 0 Å². The predicted molar refractivity (Wildman–Crippen MR) is 161 cm³/mol. The highest BCUT2D eigenvalue weighted by molar-refractivity contribution is 7.97. The minimum atomic E-state index is -0.321. The number of nitrogens with zero attached hydrogens (tertiary/aromatic N) is 1. The van der Waals surface area contributed by atoms with E-state index in [0.717, 1.165) is 48.5 Å². The maximum Gasteiger partial charge on any atom is 0.338 e. The molecule has 0 spiro atoms. The Balaban J connectivity index is 1.14. The zero-order valence-electron chi connectivity index (χ0n) is 23.9. The summed E-state index contributed by atoms with van der Waals surface area (Å²) in [5, 5.41) is 0. The van der Waals surface area contributed by atoms with E-state index < -0.39 is 0 Å². The fourth-order valence-corrected chi connectivity index (χ4v) is 7.42. The molecule has 5 nitrogen and oxygen atoms in total. The summed E-state index contributed by atoms with van der Waals surface area (Å²) in [5.74, 6) is 2.48. The number of carbonyl (C=O) groups excluding carboxylic acids is 2. The molecule has 2 aliphatic heterocycles. The van der Waals surface area contributed by atoms with Gasteiger partial charge < -0.3 is 14.4 Å². The number of benzene rings is 3. The van der Waals surface area contributed by atoms with E-state index in [1.807, 2.05) is 36.0 Å². The van der Waals surface area contributed by atoms with E-state index in [4.69, 9.17) is 9.47 Å². The molecule has 2 unspecified atom stereocenters. The van der Waals surface area contributed by atoms with Crippen LogP contribution in [0.3, 0.4) is 0 Å². The lowest BCUT2D eigenvalue weighted by Gasteiger charge is -2.39. The Kier molecular flexibility index (Phi) is 8.84. The predicted octanol–water partition coefficient (Wildman–Crippen LogP) is 7.44. The number of piperidine rings is 1. The monoisotopic (exact) mass is 557 g/mol. The first-order valence-electron chi connectivity index (χ1n) is 14.3. The minimum absolute atomic E-state index is 0.0650. The lowest BCUT2D eigenvalue weighted by atomic mass is 9.98. The Morgan fingerprint density at radius 3 is 2.05 bits per heavy atom. The van der Waals surface area contributed by atoms with Crippen LogP contribution >= 0.6 is 11.8 Å². The number of carbonyl (C=O) groups is 2. The molecule has 40 heavy (non-hydrogen) atoms. The van der Waals surface area contributed by atoms with Crippen LogP contribution in [-0.2, 0) is 16.2 Å². The van der Waals surface area contributed by atoms with Gasteiger partial charge in [-0.25, -0.2) is 4.79 Å². The SMILES string of the molecule is CCOC(=O)c1ccc(OC2CC3CCC(C2)N3C(=O)c2ccc(CSCc3c(C)cc(C)cc3C)cc2)cc1. The minimum Gasteiger partial charge on any atom is -0.490 e. The summed E-state index contributed by atoms with van der Waals surface area (Å²) in [6.07, 6.45) is 3.76. The molecule has 2 aliphatic rings. The van der Waals surface area contributed by atoms with Crippen molar-refractivity contribution < 1.29 is 19.1 Å². The van der Waals surface area contributed by atoms with E-state index in [2.05, 4.69) is 49.9 Å². The quantitative estimate of drug-likeness (QED) is 0.256. The van der Waals surface area contributed by atoms with Gasteiger partial charge in [0.2, 0.25) is 0 Å². The molecule has 2 saturated heterocycles. The van der Waals surface area contributed by atoms with Crippen LogP contribution in [0.15, 0.2) is 60.7 Å². The molecule has 2 fully saturated rings. The second-order valence-corrected chi connectivity index (χ2v) is 12.1. The van der Waals surface area contributed by atoms with E-state index in [9.17, 15) is 9.59 Å². The van der Waals surface area contributed by atoms with Crippen molar-refractivity contribution in [2.45, 2.75) is 83.1 Å². The number of hydrogen-bond donors (Lipinski definition) is 0. The van der Waals surface area contributed by atoms with Crippen LogP contribution in [0.2, 0.25) is 0 Å². The number of ether oxygens (including phenoxy) is 2. The van der Waals surface area contributed by atoms with Gasteiger partial charge in [-0.2, -0.15) is 11.8 Å². The van der Waals surface area contributed by atoms with Gasteiger partial charge >= 0.3 is 5.97 Å². The van der Waals surface area contributed by atoms with Crippen LogP contribution < -0.4 is 4.74 Å². The highest BCUT2D eigenvalue weighted by Crippen LogP contribution is 2.38. The van der Waals surface area contributed by atoms with Crippen molar-refractivity contribution in [3.8, 4) is 5.75 Å². The lowest BCUT2D eigenvalue weighted by Crippen LogP contribution is -2.49. The first-order chi connectivity index (χ1) is 19.3. The molecule has 210 valence electrons. The number of hydrogen-bond acceptors (Lipinski definition) is 5. The van der Waals surface area contributed by atoms with E-state index in [1.165, 1.54) is 27.8 Å². The molecule has 0 saturated carbocycles. The van der Waals surface area contributed by atoms with Gasteiger partial charge in [0.25, 0.3) is 5.91 Å². The lowest BCUT2D eigenvalue weighted by molar-refractivity contribution is 0.0359. The zero-order valence-corrected chi connectivity index (χ0v) is 24.8. The third kappa shape index (κ3) is 6.38. The van der Waals surface area contributed by atoms with E-state index in [-0.39, 0.29) is 30.1 Å². The third-order valence-corrected chi connectivity index (χ3v) is 9.18. The summed E-state index contributed by atoms with van der Waals surface area (Å²) >= 11 is 1.92. The average molecular weight is 558 g/mol. The summed E-state index contributed by atoms with van der Waals surface area (Å²) in [6.45, 7) is 8.70. The average Bonchev–Trinajstić information content (AvgIpc) is 3.20. The topological polar surface area (TPSA) is 55.8 Å². The standard InChI is InChI=1S/C34H39NO4S/c1-5-38-34(37)27-10-14-30(15-11-27)39-31-18-28-12-13-29(19-31)35(28)33(36)26-8-6-25(7-9-26)20-40-21-32-23(3)16-22(2)17-24(32)4/h6-11,14-17,28-29,31H,5,12-13,18-21H2,1-4H3. The number of esters is 1. The van der Waals surface area contributed by atoms with Gasteiger partial charge in [0.05, 0.1) is 12.2 Å². The fraction of sp³-hybridized carbons (Fsp3) is 0.412. The maximum absolute atomic E-state index is 13.5. The third-order valence-electron chi connectivity index (χ3n) is 8.15. The molecule has 0 aromatic heterocycles. The Morgan fingerprint density at radius 1 is 0.850 bits per heavy atom. The molecule has 2 heterocycles. The maximum atomic E-state index is 13.5. The van der Waals surface area contributed by atoms with Crippen molar-refractivity contribution in [3.05, 3.63) is 99.6 Å². The molecule has 2 bridgehead atoms. The van der Waals surface area contributed by atoms with Gasteiger partial charge in [0, 0.05) is 42.0 Å². The van der Waals surface area contributed by atoms with Gasteiger partial charge in [0.15, 0.2) is 0 Å². The molecule has 3 aromatic carbocycles. The molecule has 3 aromatic rings. The van der Waals surface area contributed by atoms with Gasteiger partial charge in [-0.1, -0.05) is 29.8 Å². The molecule has 6 heteroatoms. The van der Waals surface area contributed by atoms with E-state index in [1.54, 1.807) is 19.1 Å². The molecule has 0 radical (unpaired) electrons. The Labute approximate surface area is 242 Å². The summed E-state index contributed by atoms with van der Waals surface area (Å²) < 4.78 is 11.3. The van der Waals surface area contributed by atoms with Crippen LogP contribution in [0.5, 0.6) is 5.75 Å². The number of thioether (sulfide) groups is 1. The van der Waals surface area contributed by atoms with Crippen molar-refractivity contribution in [2.75, 3.05) is 6.61 Å². The highest BCUT2D eigenvalue weighted by Gasteiger charge is 2.44. The summed E-state index contributed by atoms with van der Waals surface area (Å²) in [5.41, 5.74) is 8.01. The molecule has 2 atom stereocenters. The second kappa shape index (κ2) is 12.5. The van der Waals surface area contributed by atoms with Gasteiger partial charge in [0.1, 0.15) is 11.9 Å². The Bertz CT molecular complexity index is 1310. The van der Waals surface area contributed by atoms with Crippen molar-refractivity contribution in [1.82, 2.24) is 4.90 Å². The number of fused-ring (bicyclic) bond motifs is 2. The molecule has 5 rings (SSSR count). The number of amides is 1. The Morgan fingerprint density at radius 2 is 1.45 bits per heavy atom. The number of aryl methyl sites for hydroxylation is 3. The van der Waals surface area contributed by atoms with Gasteiger partial charge in [-0.05, 0) is 99.2 Å². The normalized spacial score (nSPS) is 19.9. The van der Waals surface area contributed by atoms with E-state index in [0.29, 0.717) is 12.2 Å². The van der Waals surface area contributed by atoms with Crippen LogP contribution in [0.1, 0.15) is 81.1 Å². The van der Waals surface area contributed by atoms with Crippen LogP contribution in [0, 0.1) is 20.8 Å². The summed E-state index contributed by atoms with van der Waals surface area (Å²) in [6, 6.07) is 20.3. The van der Waals surface area contributed by atoms with Crippen molar-refractivity contribution in [2.24, 2.45) is 0 Å². The second-order valence-electron chi connectivity index (χ2n) is 11.1. The smallest absolute Gasteiger partial charge is 0.338 e. The highest BCUT2D eigenvalue weighted by atomic mass is 32.2. The largest absolute Gasteiger partial charge is 0.490 e. The molecular weight excluding hydrogens is 518 g/mol.